The van der Waals surface area contributed by atoms with Gasteiger partial charge in [-0.15, -0.1) is 10.2 Å². The number of morpholine rings is 1. The topological polar surface area (TPSA) is 107 Å². The number of nitrogens with zero attached hydrogens (tertiary/aromatic N) is 5. The first-order chi connectivity index (χ1) is 10.6. The Balaban J connectivity index is 1.87. The second-order valence-electron chi connectivity index (χ2n) is 5.42. The molecule has 0 unspecified atom stereocenters. The molecule has 0 spiro atoms. The minimum absolute atomic E-state index is 0.122. The van der Waals surface area contributed by atoms with Crippen molar-refractivity contribution in [2.75, 3.05) is 19.8 Å². The van der Waals surface area contributed by atoms with Gasteiger partial charge in [-0.05, 0) is 12.1 Å². The molecule has 1 aliphatic rings. The summed E-state index contributed by atoms with van der Waals surface area (Å²) in [5.41, 5.74) is 0.638. The number of aromatic nitrogens is 4. The van der Waals surface area contributed by atoms with Crippen LogP contribution in [0.4, 0.5) is 0 Å². The molecule has 1 fully saturated rings. The van der Waals surface area contributed by atoms with Gasteiger partial charge in [-0.25, -0.2) is 4.63 Å². The number of hydrogen-bond donors (Lipinski definition) is 0. The standard InChI is InChI=1S/C13H17N5O4/c1-7(2)11-14-15-12(21-11)9-6-20-5-4-18(9)13(19)10-8(3)16-22-17-10/h7,9H,4-6H2,1-3H3/t9-/m1/s1. The Morgan fingerprint density at radius 2 is 2.14 bits per heavy atom. The summed E-state index contributed by atoms with van der Waals surface area (Å²) < 4.78 is 15.7. The van der Waals surface area contributed by atoms with Crippen molar-refractivity contribution in [1.29, 1.82) is 0 Å². The Kier molecular flexibility index (Phi) is 3.88. The van der Waals surface area contributed by atoms with E-state index in [1.807, 2.05) is 13.8 Å². The molecular formula is C13H17N5O4. The average Bonchev–Trinajstić information content (AvgIpc) is 3.15. The molecule has 0 saturated carbocycles. The number of hydrogen-bond acceptors (Lipinski definition) is 8. The summed E-state index contributed by atoms with van der Waals surface area (Å²) in [6.07, 6.45) is 0. The summed E-state index contributed by atoms with van der Waals surface area (Å²) in [6.45, 7) is 6.75. The maximum Gasteiger partial charge on any atom is 0.278 e. The van der Waals surface area contributed by atoms with Crippen LogP contribution in [-0.2, 0) is 4.74 Å². The van der Waals surface area contributed by atoms with E-state index < -0.39 is 6.04 Å². The van der Waals surface area contributed by atoms with Gasteiger partial charge in [-0.1, -0.05) is 19.0 Å². The van der Waals surface area contributed by atoms with Crippen LogP contribution in [-0.4, -0.2) is 51.1 Å². The van der Waals surface area contributed by atoms with Crippen LogP contribution >= 0.6 is 0 Å². The summed E-state index contributed by atoms with van der Waals surface area (Å²) in [6, 6.07) is -0.433. The van der Waals surface area contributed by atoms with Gasteiger partial charge in [-0.2, -0.15) is 0 Å². The predicted molar refractivity (Wildman–Crippen MR) is 72.0 cm³/mol. The molecule has 2 aromatic heterocycles. The predicted octanol–water partition coefficient (Wildman–Crippen LogP) is 1.10. The lowest BCUT2D eigenvalue weighted by Gasteiger charge is -2.32. The number of carbonyl (C=O) groups is 1. The fourth-order valence-corrected chi connectivity index (χ4v) is 2.23. The lowest BCUT2D eigenvalue weighted by molar-refractivity contribution is -0.0112. The van der Waals surface area contributed by atoms with Crippen molar-refractivity contribution < 1.29 is 18.6 Å². The molecule has 3 heterocycles. The van der Waals surface area contributed by atoms with Crippen LogP contribution in [0, 0.1) is 6.92 Å². The molecule has 9 heteroatoms. The molecule has 3 rings (SSSR count). The van der Waals surface area contributed by atoms with Crippen molar-refractivity contribution in [2.24, 2.45) is 0 Å². The Labute approximate surface area is 126 Å². The second kappa shape index (κ2) is 5.84. The van der Waals surface area contributed by atoms with E-state index in [9.17, 15) is 4.79 Å². The molecule has 22 heavy (non-hydrogen) atoms. The van der Waals surface area contributed by atoms with Gasteiger partial charge >= 0.3 is 0 Å². The molecule has 118 valence electrons. The average molecular weight is 307 g/mol. The fourth-order valence-electron chi connectivity index (χ4n) is 2.23. The van der Waals surface area contributed by atoms with Gasteiger partial charge in [0.2, 0.25) is 11.8 Å². The van der Waals surface area contributed by atoms with Crippen LogP contribution < -0.4 is 0 Å². The summed E-state index contributed by atoms with van der Waals surface area (Å²) in [7, 11) is 0. The normalized spacial score (nSPS) is 18.9. The van der Waals surface area contributed by atoms with E-state index in [0.717, 1.165) is 0 Å². The molecule has 1 aliphatic heterocycles. The van der Waals surface area contributed by atoms with Crippen LogP contribution in [0.2, 0.25) is 0 Å². The largest absolute Gasteiger partial charge is 0.423 e. The smallest absolute Gasteiger partial charge is 0.278 e. The minimum Gasteiger partial charge on any atom is -0.423 e. The molecular weight excluding hydrogens is 290 g/mol. The quantitative estimate of drug-likeness (QED) is 0.829. The Bertz CT molecular complexity index is 665. The first-order valence-corrected chi connectivity index (χ1v) is 7.09. The van der Waals surface area contributed by atoms with Crippen LogP contribution in [0.3, 0.4) is 0 Å². The zero-order valence-corrected chi connectivity index (χ0v) is 12.6. The van der Waals surface area contributed by atoms with Crippen LogP contribution in [0.5, 0.6) is 0 Å². The van der Waals surface area contributed by atoms with E-state index in [1.165, 1.54) is 0 Å². The highest BCUT2D eigenvalue weighted by molar-refractivity contribution is 5.93. The lowest BCUT2D eigenvalue weighted by atomic mass is 10.2. The van der Waals surface area contributed by atoms with Crippen molar-refractivity contribution in [3.63, 3.8) is 0 Å². The highest BCUT2D eigenvalue weighted by Crippen LogP contribution is 2.26. The number of rotatable bonds is 3. The molecule has 1 atom stereocenters. The third-order valence-corrected chi connectivity index (χ3v) is 3.48. The van der Waals surface area contributed by atoms with Crippen LogP contribution in [0.15, 0.2) is 9.05 Å². The molecule has 1 saturated heterocycles. The maximum absolute atomic E-state index is 12.6. The molecule has 0 aliphatic carbocycles. The van der Waals surface area contributed by atoms with Gasteiger partial charge in [0.15, 0.2) is 5.69 Å². The zero-order chi connectivity index (χ0) is 15.7. The van der Waals surface area contributed by atoms with Gasteiger partial charge in [0.25, 0.3) is 5.91 Å². The lowest BCUT2D eigenvalue weighted by Crippen LogP contribution is -2.44. The first-order valence-electron chi connectivity index (χ1n) is 7.09. The minimum atomic E-state index is -0.433. The number of amides is 1. The van der Waals surface area contributed by atoms with E-state index >= 15 is 0 Å². The highest BCUT2D eigenvalue weighted by atomic mass is 16.6. The van der Waals surface area contributed by atoms with Crippen LogP contribution in [0.25, 0.3) is 0 Å². The Morgan fingerprint density at radius 3 is 2.77 bits per heavy atom. The number of aryl methyl sites for hydroxylation is 1. The number of ether oxygens (including phenoxy) is 1. The summed E-state index contributed by atoms with van der Waals surface area (Å²) in [5.74, 6) is 0.742. The molecule has 1 amide bonds. The fraction of sp³-hybridized carbons (Fsp3) is 0.615. The highest BCUT2D eigenvalue weighted by Gasteiger charge is 2.35. The second-order valence-corrected chi connectivity index (χ2v) is 5.42. The SMILES string of the molecule is Cc1nonc1C(=O)N1CCOC[C@@H]1c1nnc(C(C)C)o1. The monoisotopic (exact) mass is 307 g/mol. The molecule has 0 N–H and O–H groups in total. The third-order valence-electron chi connectivity index (χ3n) is 3.48. The van der Waals surface area contributed by atoms with E-state index in [2.05, 4.69) is 25.1 Å². The van der Waals surface area contributed by atoms with E-state index in [4.69, 9.17) is 9.15 Å². The zero-order valence-electron chi connectivity index (χ0n) is 12.6. The van der Waals surface area contributed by atoms with Gasteiger partial charge < -0.3 is 14.1 Å². The van der Waals surface area contributed by atoms with Crippen LogP contribution in [0.1, 0.15) is 53.8 Å². The van der Waals surface area contributed by atoms with Crippen molar-refractivity contribution in [1.82, 2.24) is 25.4 Å². The molecule has 9 nitrogen and oxygen atoms in total. The van der Waals surface area contributed by atoms with E-state index in [0.29, 0.717) is 37.2 Å². The molecule has 0 bridgehead atoms. The van der Waals surface area contributed by atoms with Gasteiger partial charge in [0.05, 0.1) is 13.2 Å². The van der Waals surface area contributed by atoms with Gasteiger partial charge in [-0.3, -0.25) is 4.79 Å². The Morgan fingerprint density at radius 1 is 1.32 bits per heavy atom. The first kappa shape index (κ1) is 14.6. The summed E-state index contributed by atoms with van der Waals surface area (Å²) in [4.78, 5) is 14.2. The number of carbonyl (C=O) groups excluding carboxylic acids is 1. The maximum atomic E-state index is 12.6. The third kappa shape index (κ3) is 2.59. The van der Waals surface area contributed by atoms with Crippen molar-refractivity contribution >= 4 is 5.91 Å². The van der Waals surface area contributed by atoms with Gasteiger partial charge in [0, 0.05) is 12.5 Å². The van der Waals surface area contributed by atoms with E-state index in [1.54, 1.807) is 11.8 Å². The van der Waals surface area contributed by atoms with Gasteiger partial charge in [0.1, 0.15) is 11.7 Å². The van der Waals surface area contributed by atoms with E-state index in [-0.39, 0.29) is 17.5 Å². The van der Waals surface area contributed by atoms with Crippen molar-refractivity contribution in [3.8, 4) is 0 Å². The van der Waals surface area contributed by atoms with Crippen molar-refractivity contribution in [2.45, 2.75) is 32.7 Å². The molecule has 0 aromatic carbocycles. The summed E-state index contributed by atoms with van der Waals surface area (Å²) in [5, 5.41) is 15.4. The molecule has 2 aromatic rings. The molecule has 0 radical (unpaired) electrons. The van der Waals surface area contributed by atoms with Crippen molar-refractivity contribution in [3.05, 3.63) is 23.2 Å². The summed E-state index contributed by atoms with van der Waals surface area (Å²) >= 11 is 0. The Hall–Kier alpha value is -2.29.